The minimum absolute atomic E-state index is 0.246. The number of phenolic OH excluding ortho intramolecular Hbond substituents is 2. The maximum atomic E-state index is 9.96. The van der Waals surface area contributed by atoms with Crippen molar-refractivity contribution < 1.29 is 10.2 Å². The molecule has 0 fully saturated rings. The predicted octanol–water partition coefficient (Wildman–Crippen LogP) is 6.69. The molecule has 0 saturated heterocycles. The molecule has 0 heterocycles. The lowest BCUT2D eigenvalue weighted by molar-refractivity contribution is 0.474. The van der Waals surface area contributed by atoms with Gasteiger partial charge in [0.1, 0.15) is 11.5 Å². The van der Waals surface area contributed by atoms with Gasteiger partial charge in [-0.25, -0.2) is 0 Å². The monoisotopic (exact) mass is 422 g/mol. The number of hydrogen-bond donors (Lipinski definition) is 2. The Labute approximate surface area is 187 Å². The van der Waals surface area contributed by atoms with Gasteiger partial charge in [-0.15, -0.1) is 0 Å². The molecule has 4 heteroatoms. The van der Waals surface area contributed by atoms with Gasteiger partial charge < -0.3 is 10.2 Å². The summed E-state index contributed by atoms with van der Waals surface area (Å²) in [6.45, 7) is 6.03. The van der Waals surface area contributed by atoms with Gasteiger partial charge in [0, 0.05) is 25.5 Å². The lowest BCUT2D eigenvalue weighted by Gasteiger charge is -2.10. The number of rotatable bonds is 14. The average molecular weight is 423 g/mol. The molecule has 0 aromatic heterocycles. The van der Waals surface area contributed by atoms with Gasteiger partial charge in [-0.2, -0.15) is 0 Å². The molecule has 0 bridgehead atoms. The van der Waals surface area contributed by atoms with Crippen LogP contribution in [0.1, 0.15) is 87.5 Å². The summed E-state index contributed by atoms with van der Waals surface area (Å²) in [7, 11) is 0. The maximum absolute atomic E-state index is 9.96. The second-order valence-corrected chi connectivity index (χ2v) is 8.13. The highest BCUT2D eigenvalue weighted by Crippen LogP contribution is 2.22. The fourth-order valence-electron chi connectivity index (χ4n) is 3.52. The van der Waals surface area contributed by atoms with Crippen LogP contribution >= 0.6 is 0 Å². The summed E-state index contributed by atoms with van der Waals surface area (Å²) < 4.78 is 0. The van der Waals surface area contributed by atoms with Crippen molar-refractivity contribution in [1.29, 1.82) is 0 Å². The number of aromatic hydroxyl groups is 2. The predicted molar refractivity (Wildman–Crippen MR) is 132 cm³/mol. The van der Waals surface area contributed by atoms with Gasteiger partial charge in [0.05, 0.1) is 0 Å². The van der Waals surface area contributed by atoms with Crippen LogP contribution in [0.25, 0.3) is 0 Å². The van der Waals surface area contributed by atoms with E-state index in [4.69, 9.17) is 0 Å². The van der Waals surface area contributed by atoms with Gasteiger partial charge in [-0.1, -0.05) is 64.5 Å². The number of hydrogen-bond acceptors (Lipinski definition) is 4. The lowest BCUT2D eigenvalue weighted by Crippen LogP contribution is -1.99. The van der Waals surface area contributed by atoms with Crippen LogP contribution in [0.5, 0.6) is 11.5 Å². The van der Waals surface area contributed by atoms with Crippen molar-refractivity contribution in [2.75, 3.05) is 13.1 Å². The summed E-state index contributed by atoms with van der Waals surface area (Å²) in [5.41, 5.74) is 4.06. The van der Waals surface area contributed by atoms with Crippen LogP contribution in [0.2, 0.25) is 0 Å². The van der Waals surface area contributed by atoms with Crippen LogP contribution < -0.4 is 0 Å². The van der Waals surface area contributed by atoms with Gasteiger partial charge in [-0.3, -0.25) is 9.98 Å². The summed E-state index contributed by atoms with van der Waals surface area (Å²) in [5, 5.41) is 19.9. The van der Waals surface area contributed by atoms with Crippen molar-refractivity contribution in [3.63, 3.8) is 0 Å². The fourth-order valence-corrected chi connectivity index (χ4v) is 3.52. The molecule has 0 spiro atoms. The van der Waals surface area contributed by atoms with Gasteiger partial charge in [0.25, 0.3) is 0 Å². The molecule has 168 valence electrons. The van der Waals surface area contributed by atoms with Gasteiger partial charge in [-0.05, 0) is 65.8 Å². The van der Waals surface area contributed by atoms with E-state index in [1.165, 1.54) is 38.5 Å². The van der Waals surface area contributed by atoms with Crippen LogP contribution in [-0.4, -0.2) is 35.7 Å². The Morgan fingerprint density at radius 1 is 0.645 bits per heavy atom. The molecule has 2 N–H and O–H groups in total. The molecule has 0 unspecified atom stereocenters. The number of phenols is 2. The molecule has 2 aromatic rings. The minimum Gasteiger partial charge on any atom is -0.508 e. The van der Waals surface area contributed by atoms with Crippen LogP contribution in [0, 0.1) is 0 Å². The van der Waals surface area contributed by atoms with E-state index in [0.717, 1.165) is 48.2 Å². The minimum atomic E-state index is 0.246. The van der Waals surface area contributed by atoms with Crippen molar-refractivity contribution in [1.82, 2.24) is 0 Å². The Bertz CT molecular complexity index is 774. The molecule has 2 rings (SSSR count). The molecule has 0 saturated carbocycles. The summed E-state index contributed by atoms with van der Waals surface area (Å²) in [4.78, 5) is 9.15. The van der Waals surface area contributed by atoms with Gasteiger partial charge in [0.15, 0.2) is 0 Å². The standard InChI is InChI=1S/C27H38N2O2/c1-3-5-7-9-15-28-20-24-18-26(30)13-11-22(24)17-23-12-14-27(31)19-25(23)21-29-16-10-8-6-4-2/h11-14,18-21,30-31H,3-10,15-17H2,1-2H3. The molecular formula is C27H38N2O2. The van der Waals surface area contributed by atoms with Crippen LogP contribution in [0.3, 0.4) is 0 Å². The van der Waals surface area contributed by atoms with E-state index in [-0.39, 0.29) is 11.5 Å². The topological polar surface area (TPSA) is 65.2 Å². The summed E-state index contributed by atoms with van der Waals surface area (Å²) >= 11 is 0. The number of benzene rings is 2. The zero-order valence-electron chi connectivity index (χ0n) is 19.2. The zero-order chi connectivity index (χ0) is 22.3. The van der Waals surface area contributed by atoms with E-state index in [2.05, 4.69) is 23.8 Å². The smallest absolute Gasteiger partial charge is 0.116 e. The first-order valence-electron chi connectivity index (χ1n) is 11.8. The van der Waals surface area contributed by atoms with E-state index < -0.39 is 0 Å². The number of unbranched alkanes of at least 4 members (excludes halogenated alkanes) is 6. The highest BCUT2D eigenvalue weighted by Gasteiger charge is 2.08. The van der Waals surface area contributed by atoms with Crippen LogP contribution in [0.15, 0.2) is 46.4 Å². The maximum Gasteiger partial charge on any atom is 0.116 e. The quantitative estimate of drug-likeness (QED) is 0.263. The highest BCUT2D eigenvalue weighted by molar-refractivity contribution is 5.85. The SMILES string of the molecule is CCCCCCN=Cc1cc(O)ccc1Cc1ccc(O)cc1C=NCCCCCC. The van der Waals surface area contributed by atoms with Crippen LogP contribution in [0.4, 0.5) is 0 Å². The summed E-state index contributed by atoms with van der Waals surface area (Å²) in [5.74, 6) is 0.492. The van der Waals surface area contributed by atoms with Crippen molar-refractivity contribution in [2.45, 2.75) is 71.6 Å². The highest BCUT2D eigenvalue weighted by atomic mass is 16.3. The molecule has 4 nitrogen and oxygen atoms in total. The Morgan fingerprint density at radius 2 is 1.10 bits per heavy atom. The summed E-state index contributed by atoms with van der Waals surface area (Å²) in [6.07, 6.45) is 14.0. The first kappa shape index (κ1) is 24.6. The molecule has 0 aliphatic carbocycles. The second-order valence-electron chi connectivity index (χ2n) is 8.13. The lowest BCUT2D eigenvalue weighted by atomic mass is 9.96. The van der Waals surface area contributed by atoms with Crippen molar-refractivity contribution >= 4 is 12.4 Å². The first-order valence-corrected chi connectivity index (χ1v) is 11.8. The molecule has 2 aromatic carbocycles. The van der Waals surface area contributed by atoms with Gasteiger partial charge >= 0.3 is 0 Å². The van der Waals surface area contributed by atoms with Gasteiger partial charge in [0.2, 0.25) is 0 Å². The van der Waals surface area contributed by atoms with Crippen molar-refractivity contribution in [2.24, 2.45) is 9.98 Å². The van der Waals surface area contributed by atoms with Crippen molar-refractivity contribution in [3.8, 4) is 11.5 Å². The molecular weight excluding hydrogens is 384 g/mol. The van der Waals surface area contributed by atoms with E-state index in [0.29, 0.717) is 6.42 Å². The van der Waals surface area contributed by atoms with Crippen LogP contribution in [-0.2, 0) is 6.42 Å². The third-order valence-corrected chi connectivity index (χ3v) is 5.38. The first-order chi connectivity index (χ1) is 15.1. The molecule has 31 heavy (non-hydrogen) atoms. The zero-order valence-corrected chi connectivity index (χ0v) is 19.2. The van der Waals surface area contributed by atoms with E-state index in [1.807, 2.05) is 24.6 Å². The van der Waals surface area contributed by atoms with E-state index in [1.54, 1.807) is 24.3 Å². The molecule has 0 radical (unpaired) electrons. The Kier molecular flexibility index (Phi) is 11.4. The molecule has 0 amide bonds. The Hall–Kier alpha value is -2.62. The Morgan fingerprint density at radius 3 is 1.52 bits per heavy atom. The third kappa shape index (κ3) is 9.37. The normalized spacial score (nSPS) is 11.7. The van der Waals surface area contributed by atoms with E-state index in [9.17, 15) is 10.2 Å². The molecule has 0 aliphatic rings. The van der Waals surface area contributed by atoms with Crippen molar-refractivity contribution in [3.05, 3.63) is 58.7 Å². The largest absolute Gasteiger partial charge is 0.508 e. The third-order valence-electron chi connectivity index (χ3n) is 5.38. The Balaban J connectivity index is 2.11. The van der Waals surface area contributed by atoms with E-state index >= 15 is 0 Å². The number of aliphatic imine (C=N–C) groups is 2. The summed E-state index contributed by atoms with van der Waals surface area (Å²) in [6, 6.07) is 10.9. The second kappa shape index (κ2) is 14.4. The molecule has 0 atom stereocenters. The average Bonchev–Trinajstić information content (AvgIpc) is 2.76. The fraction of sp³-hybridized carbons (Fsp3) is 0.481. The molecule has 0 aliphatic heterocycles. The number of nitrogens with zero attached hydrogens (tertiary/aromatic N) is 2.